The average molecular weight is 289 g/mol. The predicted molar refractivity (Wildman–Crippen MR) is 81.7 cm³/mol. The van der Waals surface area contributed by atoms with Gasteiger partial charge in [-0.25, -0.2) is 0 Å². The molecule has 0 aromatic heterocycles. The van der Waals surface area contributed by atoms with Crippen molar-refractivity contribution in [2.75, 3.05) is 19.6 Å². The Labute approximate surface area is 123 Å². The molecule has 0 spiro atoms. The van der Waals surface area contributed by atoms with Crippen LogP contribution in [0.5, 0.6) is 0 Å². The van der Waals surface area contributed by atoms with E-state index in [0.29, 0.717) is 0 Å². The maximum absolute atomic E-state index is 11.9. The number of nitrogens with one attached hydrogen (secondary N) is 2. The molecule has 1 saturated heterocycles. The molecule has 19 heavy (non-hydrogen) atoms. The topological polar surface area (TPSA) is 41.1 Å². The minimum absolute atomic E-state index is 0. The third-order valence-electron chi connectivity index (χ3n) is 4.52. The van der Waals surface area contributed by atoms with Gasteiger partial charge in [0.05, 0.1) is 0 Å². The third kappa shape index (κ3) is 6.13. The minimum Gasteiger partial charge on any atom is -0.356 e. The normalized spacial score (nSPS) is 21.1. The molecule has 0 aromatic rings. The van der Waals surface area contributed by atoms with E-state index in [2.05, 4.69) is 10.6 Å². The summed E-state index contributed by atoms with van der Waals surface area (Å²) in [5.41, 5.74) is 0. The number of hydrogen-bond acceptors (Lipinski definition) is 2. The molecule has 2 fully saturated rings. The number of rotatable bonds is 6. The highest BCUT2D eigenvalue weighted by Gasteiger charge is 2.20. The van der Waals surface area contributed by atoms with E-state index in [-0.39, 0.29) is 24.2 Å². The Morgan fingerprint density at radius 2 is 1.74 bits per heavy atom. The molecule has 1 saturated carbocycles. The van der Waals surface area contributed by atoms with Crippen LogP contribution in [-0.2, 0) is 4.79 Å². The highest BCUT2D eigenvalue weighted by Crippen LogP contribution is 2.28. The van der Waals surface area contributed by atoms with Crippen LogP contribution in [-0.4, -0.2) is 25.5 Å². The van der Waals surface area contributed by atoms with Gasteiger partial charge >= 0.3 is 0 Å². The summed E-state index contributed by atoms with van der Waals surface area (Å²) in [7, 11) is 0. The number of hydrogen-bond donors (Lipinski definition) is 2. The van der Waals surface area contributed by atoms with E-state index >= 15 is 0 Å². The second-order valence-electron chi connectivity index (χ2n) is 5.96. The molecule has 4 heteroatoms. The quantitative estimate of drug-likeness (QED) is 0.738. The van der Waals surface area contributed by atoms with E-state index in [1.54, 1.807) is 0 Å². The molecule has 0 bridgehead atoms. The molecule has 0 atom stereocenters. The number of amides is 1. The van der Waals surface area contributed by atoms with Gasteiger partial charge in [0.2, 0.25) is 5.91 Å². The van der Waals surface area contributed by atoms with Gasteiger partial charge in [-0.15, -0.1) is 12.4 Å². The summed E-state index contributed by atoms with van der Waals surface area (Å²) in [6.45, 7) is 2.88. The van der Waals surface area contributed by atoms with Crippen molar-refractivity contribution in [2.45, 2.75) is 57.8 Å². The zero-order chi connectivity index (χ0) is 12.6. The summed E-state index contributed by atoms with van der Waals surface area (Å²) >= 11 is 0. The maximum atomic E-state index is 11.9. The van der Waals surface area contributed by atoms with Gasteiger partial charge < -0.3 is 10.6 Å². The molecule has 0 aromatic carbocycles. The van der Waals surface area contributed by atoms with Crippen molar-refractivity contribution in [3.8, 4) is 0 Å². The largest absolute Gasteiger partial charge is 0.356 e. The van der Waals surface area contributed by atoms with E-state index in [9.17, 15) is 4.79 Å². The van der Waals surface area contributed by atoms with Crippen molar-refractivity contribution in [1.29, 1.82) is 0 Å². The Hall–Kier alpha value is -0.280. The first-order valence-electron chi connectivity index (χ1n) is 7.84. The zero-order valence-electron chi connectivity index (χ0n) is 12.0. The van der Waals surface area contributed by atoms with Crippen LogP contribution in [0.15, 0.2) is 0 Å². The van der Waals surface area contributed by atoms with E-state index < -0.39 is 0 Å². The van der Waals surface area contributed by atoms with Gasteiger partial charge in [0.15, 0.2) is 0 Å². The first kappa shape index (κ1) is 16.8. The molecule has 2 N–H and O–H groups in total. The van der Waals surface area contributed by atoms with Crippen LogP contribution in [0.25, 0.3) is 0 Å². The molecule has 1 aliphatic carbocycles. The van der Waals surface area contributed by atoms with Crippen molar-refractivity contribution >= 4 is 18.3 Å². The lowest BCUT2D eigenvalue weighted by atomic mass is 9.97. The number of unbranched alkanes of at least 4 members (excludes halogenated alkanes) is 1. The molecule has 1 aliphatic heterocycles. The molecule has 1 amide bonds. The van der Waals surface area contributed by atoms with E-state index in [1.807, 2.05) is 0 Å². The fourth-order valence-electron chi connectivity index (χ4n) is 3.30. The van der Waals surface area contributed by atoms with E-state index in [0.717, 1.165) is 44.8 Å². The lowest BCUT2D eigenvalue weighted by molar-refractivity contribution is -0.125. The van der Waals surface area contributed by atoms with Crippen molar-refractivity contribution in [3.63, 3.8) is 0 Å². The Kier molecular flexibility index (Phi) is 8.47. The monoisotopic (exact) mass is 288 g/mol. The SMILES string of the molecule is Cl.O=C(NCCCCC1CCCC1)C1CCNCC1. The van der Waals surface area contributed by atoms with Gasteiger partial charge in [-0.1, -0.05) is 38.5 Å². The van der Waals surface area contributed by atoms with Crippen LogP contribution in [0.3, 0.4) is 0 Å². The van der Waals surface area contributed by atoms with Gasteiger partial charge in [0.25, 0.3) is 0 Å². The third-order valence-corrected chi connectivity index (χ3v) is 4.52. The summed E-state index contributed by atoms with van der Waals surface area (Å²) in [5.74, 6) is 1.54. The number of carbonyl (C=O) groups is 1. The van der Waals surface area contributed by atoms with Crippen LogP contribution in [0.1, 0.15) is 57.8 Å². The van der Waals surface area contributed by atoms with Crippen LogP contribution in [0.4, 0.5) is 0 Å². The molecule has 2 rings (SSSR count). The molecule has 1 heterocycles. The van der Waals surface area contributed by atoms with Gasteiger partial charge in [-0.2, -0.15) is 0 Å². The first-order valence-corrected chi connectivity index (χ1v) is 7.84. The number of carbonyl (C=O) groups excluding carboxylic acids is 1. The minimum atomic E-state index is 0. The molecular weight excluding hydrogens is 260 g/mol. The summed E-state index contributed by atoms with van der Waals surface area (Å²) in [5, 5.41) is 6.41. The first-order chi connectivity index (χ1) is 8.86. The molecular formula is C15H29ClN2O. The summed E-state index contributed by atoms with van der Waals surface area (Å²) in [4.78, 5) is 11.9. The predicted octanol–water partition coefficient (Wildman–Crippen LogP) is 2.88. The van der Waals surface area contributed by atoms with Crippen molar-refractivity contribution in [1.82, 2.24) is 10.6 Å². The fourth-order valence-corrected chi connectivity index (χ4v) is 3.30. The standard InChI is InChI=1S/C15H28N2O.ClH/c18-15(14-8-11-16-12-9-14)17-10-4-3-7-13-5-1-2-6-13;/h13-14,16H,1-12H2,(H,17,18);1H. The second kappa shape index (κ2) is 9.60. The van der Waals surface area contributed by atoms with Gasteiger partial charge in [-0.05, 0) is 38.3 Å². The summed E-state index contributed by atoms with van der Waals surface area (Å²) in [6.07, 6.45) is 11.6. The molecule has 112 valence electrons. The Morgan fingerprint density at radius 3 is 2.42 bits per heavy atom. The van der Waals surface area contributed by atoms with E-state index in [4.69, 9.17) is 0 Å². The Balaban J connectivity index is 0.00000180. The number of halogens is 1. The highest BCUT2D eigenvalue weighted by atomic mass is 35.5. The second-order valence-corrected chi connectivity index (χ2v) is 5.96. The van der Waals surface area contributed by atoms with Crippen LogP contribution >= 0.6 is 12.4 Å². The molecule has 0 radical (unpaired) electrons. The van der Waals surface area contributed by atoms with Gasteiger partial charge in [-0.3, -0.25) is 4.79 Å². The van der Waals surface area contributed by atoms with Crippen molar-refractivity contribution in [3.05, 3.63) is 0 Å². The van der Waals surface area contributed by atoms with Crippen LogP contribution in [0.2, 0.25) is 0 Å². The maximum Gasteiger partial charge on any atom is 0.223 e. The highest BCUT2D eigenvalue weighted by molar-refractivity contribution is 5.85. The van der Waals surface area contributed by atoms with Crippen LogP contribution < -0.4 is 10.6 Å². The van der Waals surface area contributed by atoms with Gasteiger partial charge in [0, 0.05) is 12.5 Å². The molecule has 3 nitrogen and oxygen atoms in total. The van der Waals surface area contributed by atoms with Gasteiger partial charge in [0.1, 0.15) is 0 Å². The van der Waals surface area contributed by atoms with Crippen LogP contribution in [0, 0.1) is 11.8 Å². The fraction of sp³-hybridized carbons (Fsp3) is 0.933. The van der Waals surface area contributed by atoms with Crippen molar-refractivity contribution < 1.29 is 4.79 Å². The molecule has 2 aliphatic rings. The molecule has 0 unspecified atom stereocenters. The summed E-state index contributed by atoms with van der Waals surface area (Å²) < 4.78 is 0. The average Bonchev–Trinajstić information content (AvgIpc) is 2.92. The Morgan fingerprint density at radius 1 is 1.05 bits per heavy atom. The zero-order valence-corrected chi connectivity index (χ0v) is 12.8. The van der Waals surface area contributed by atoms with Crippen molar-refractivity contribution in [2.24, 2.45) is 11.8 Å². The Bertz CT molecular complexity index is 249. The lowest BCUT2D eigenvalue weighted by Crippen LogP contribution is -2.38. The smallest absolute Gasteiger partial charge is 0.223 e. The number of piperidine rings is 1. The lowest BCUT2D eigenvalue weighted by Gasteiger charge is -2.21. The van der Waals surface area contributed by atoms with E-state index in [1.165, 1.54) is 38.5 Å². The summed E-state index contributed by atoms with van der Waals surface area (Å²) in [6, 6.07) is 0.